The van der Waals surface area contributed by atoms with Gasteiger partial charge in [0.05, 0.1) is 5.69 Å². The first-order chi connectivity index (χ1) is 8.80. The minimum atomic E-state index is -1.34. The minimum absolute atomic E-state index is 0.510. The Bertz CT molecular complexity index is 484. The Kier molecular flexibility index (Phi) is 3.18. The normalized spacial score (nSPS) is 30.8. The molecule has 0 unspecified atom stereocenters. The molecule has 1 heterocycles. The maximum atomic E-state index is 11.7. The maximum absolute atomic E-state index is 11.7. The van der Waals surface area contributed by atoms with E-state index in [9.17, 15) is 9.90 Å². The zero-order valence-electron chi connectivity index (χ0n) is 11.7. The summed E-state index contributed by atoms with van der Waals surface area (Å²) in [5, 5.41) is 12.2. The first-order valence-electron chi connectivity index (χ1n) is 6.39. The Hall–Kier alpha value is -1.75. The highest BCUT2D eigenvalue weighted by Crippen LogP contribution is 2.37. The third-order valence-electron chi connectivity index (χ3n) is 3.93. The molecule has 1 aromatic carbocycles. The molecule has 19 heavy (non-hydrogen) atoms. The van der Waals surface area contributed by atoms with Gasteiger partial charge in [-0.1, -0.05) is 24.6 Å². The van der Waals surface area contributed by atoms with Gasteiger partial charge in [-0.15, -0.1) is 0 Å². The summed E-state index contributed by atoms with van der Waals surface area (Å²) in [7, 11) is 0. The van der Waals surface area contributed by atoms with Gasteiger partial charge >= 0.3 is 6.09 Å². The summed E-state index contributed by atoms with van der Waals surface area (Å²) in [5.74, 6) is 0. The highest BCUT2D eigenvalue weighted by Gasteiger charge is 2.54. The number of carbonyl (C=O) groups is 1. The maximum Gasteiger partial charge on any atom is 0.426 e. The van der Waals surface area contributed by atoms with Crippen LogP contribution in [0.2, 0.25) is 0 Å². The number of aliphatic hydroxyl groups is 1. The predicted octanol–water partition coefficient (Wildman–Crippen LogP) is 2.33. The third-order valence-corrected chi connectivity index (χ3v) is 3.93. The number of aryl methyl sites for hydroxylation is 1. The third kappa shape index (κ3) is 2.14. The number of benzene rings is 1. The Labute approximate surface area is 113 Å². The Balaban J connectivity index is 2.43. The summed E-state index contributed by atoms with van der Waals surface area (Å²) in [6.45, 7) is 7.22. The van der Waals surface area contributed by atoms with Crippen LogP contribution in [-0.4, -0.2) is 22.5 Å². The molecule has 0 aliphatic carbocycles. The molecule has 5 heteroatoms. The van der Waals surface area contributed by atoms with Crippen LogP contribution < -0.4 is 10.4 Å². The number of cyclic esters (lactones) is 1. The lowest BCUT2D eigenvalue weighted by molar-refractivity contribution is -0.158. The van der Waals surface area contributed by atoms with Crippen molar-refractivity contribution in [2.45, 2.75) is 45.4 Å². The molecule has 5 nitrogen and oxygen atoms in total. The van der Waals surface area contributed by atoms with Crippen molar-refractivity contribution in [2.75, 3.05) is 5.01 Å². The van der Waals surface area contributed by atoms with Crippen LogP contribution in [0, 0.1) is 6.92 Å². The van der Waals surface area contributed by atoms with E-state index < -0.39 is 17.4 Å². The van der Waals surface area contributed by atoms with E-state index in [0.717, 1.165) is 5.56 Å². The zero-order valence-corrected chi connectivity index (χ0v) is 11.7. The molecule has 1 aliphatic heterocycles. The van der Waals surface area contributed by atoms with Crippen LogP contribution >= 0.6 is 0 Å². The lowest BCUT2D eigenvalue weighted by atomic mass is 9.89. The van der Waals surface area contributed by atoms with Crippen LogP contribution in [-0.2, 0) is 4.74 Å². The molecule has 1 amide bonds. The highest BCUT2D eigenvalue weighted by molar-refractivity contribution is 5.73. The monoisotopic (exact) mass is 264 g/mol. The lowest BCUT2D eigenvalue weighted by Crippen LogP contribution is -2.72. The fourth-order valence-electron chi connectivity index (χ4n) is 2.18. The number of hydrogen-bond donors (Lipinski definition) is 2. The molecule has 0 saturated carbocycles. The number of hydrazine groups is 1. The van der Waals surface area contributed by atoms with E-state index in [-0.39, 0.29) is 0 Å². The van der Waals surface area contributed by atoms with Crippen molar-refractivity contribution < 1.29 is 14.6 Å². The summed E-state index contributed by atoms with van der Waals surface area (Å²) >= 11 is 0. The van der Waals surface area contributed by atoms with Crippen molar-refractivity contribution in [3.05, 3.63) is 29.8 Å². The van der Waals surface area contributed by atoms with Crippen molar-refractivity contribution in [3.63, 3.8) is 0 Å². The van der Waals surface area contributed by atoms with Crippen LogP contribution in [0.15, 0.2) is 24.3 Å². The van der Waals surface area contributed by atoms with Gasteiger partial charge in [0.2, 0.25) is 0 Å². The first kappa shape index (κ1) is 13.7. The van der Waals surface area contributed by atoms with E-state index in [0.29, 0.717) is 12.1 Å². The first-order valence-corrected chi connectivity index (χ1v) is 6.39. The molecule has 104 valence electrons. The molecule has 2 N–H and O–H groups in total. The molecule has 2 rings (SSSR count). The van der Waals surface area contributed by atoms with Gasteiger partial charge in [0.1, 0.15) is 0 Å². The second-order valence-electron chi connectivity index (χ2n) is 5.28. The van der Waals surface area contributed by atoms with E-state index in [1.165, 1.54) is 5.01 Å². The summed E-state index contributed by atoms with van der Waals surface area (Å²) in [6.07, 6.45) is -0.0491. The molecule has 0 radical (unpaired) electrons. The fourth-order valence-corrected chi connectivity index (χ4v) is 2.18. The molecule has 1 saturated heterocycles. The van der Waals surface area contributed by atoms with Crippen LogP contribution in [0.25, 0.3) is 0 Å². The Morgan fingerprint density at radius 2 is 1.89 bits per heavy atom. The SMILES string of the molecule is CC[C@]1(C)OC(=O)NN(c2ccc(C)cc2)[C@@]1(C)O. The van der Waals surface area contributed by atoms with Crippen LogP contribution in [0.1, 0.15) is 32.8 Å². The number of rotatable bonds is 2. The fraction of sp³-hybridized carbons (Fsp3) is 0.500. The average Bonchev–Trinajstić information content (AvgIpc) is 2.35. The summed E-state index contributed by atoms with van der Waals surface area (Å²) in [5.41, 5.74) is 2.07. The number of hydrogen-bond acceptors (Lipinski definition) is 4. The second kappa shape index (κ2) is 4.42. The van der Waals surface area contributed by atoms with E-state index >= 15 is 0 Å². The predicted molar refractivity (Wildman–Crippen MR) is 72.6 cm³/mol. The molecule has 1 fully saturated rings. The number of amides is 1. The van der Waals surface area contributed by atoms with Gasteiger partial charge in [-0.05, 0) is 39.3 Å². The average molecular weight is 264 g/mol. The van der Waals surface area contributed by atoms with Crippen LogP contribution in [0.3, 0.4) is 0 Å². The molecular weight excluding hydrogens is 244 g/mol. The molecule has 0 bridgehead atoms. The van der Waals surface area contributed by atoms with E-state index in [2.05, 4.69) is 5.43 Å². The van der Waals surface area contributed by atoms with Crippen molar-refractivity contribution in [3.8, 4) is 0 Å². The van der Waals surface area contributed by atoms with Gasteiger partial charge in [0, 0.05) is 0 Å². The smallest absolute Gasteiger partial charge is 0.426 e. The topological polar surface area (TPSA) is 61.8 Å². The summed E-state index contributed by atoms with van der Waals surface area (Å²) in [6, 6.07) is 7.56. The summed E-state index contributed by atoms with van der Waals surface area (Å²) in [4.78, 5) is 11.7. The molecule has 0 aromatic heterocycles. The lowest BCUT2D eigenvalue weighted by Gasteiger charge is -2.51. The van der Waals surface area contributed by atoms with E-state index in [4.69, 9.17) is 4.74 Å². The largest absolute Gasteiger partial charge is 0.437 e. The van der Waals surface area contributed by atoms with E-state index in [1.54, 1.807) is 13.8 Å². The standard InChI is InChI=1S/C14H20N2O3/c1-5-13(3)14(4,18)16(15-12(17)19-13)11-8-6-10(2)7-9-11/h6-9,18H,5H2,1-4H3,(H,15,17)/t13-,14-/m0/s1. The van der Waals surface area contributed by atoms with Gasteiger partial charge in [0.15, 0.2) is 11.3 Å². The molecule has 2 atom stereocenters. The summed E-state index contributed by atoms with van der Waals surface area (Å²) < 4.78 is 5.27. The van der Waals surface area contributed by atoms with Gasteiger partial charge < -0.3 is 9.84 Å². The zero-order chi connectivity index (χ0) is 14.3. The van der Waals surface area contributed by atoms with Crippen molar-refractivity contribution in [2.24, 2.45) is 0 Å². The van der Waals surface area contributed by atoms with Crippen LogP contribution in [0.5, 0.6) is 0 Å². The number of ether oxygens (including phenoxy) is 1. The van der Waals surface area contributed by atoms with Gasteiger partial charge in [0.25, 0.3) is 0 Å². The quantitative estimate of drug-likeness (QED) is 0.860. The van der Waals surface area contributed by atoms with Gasteiger partial charge in [-0.3, -0.25) is 0 Å². The molecule has 1 aliphatic rings. The second-order valence-corrected chi connectivity index (χ2v) is 5.28. The van der Waals surface area contributed by atoms with Crippen LogP contribution in [0.4, 0.5) is 10.5 Å². The highest BCUT2D eigenvalue weighted by atomic mass is 16.6. The number of nitrogens with one attached hydrogen (secondary N) is 1. The van der Waals surface area contributed by atoms with E-state index in [1.807, 2.05) is 38.1 Å². The van der Waals surface area contributed by atoms with Crippen molar-refractivity contribution >= 4 is 11.8 Å². The van der Waals surface area contributed by atoms with Gasteiger partial charge in [-0.25, -0.2) is 15.2 Å². The number of carbonyl (C=O) groups excluding carboxylic acids is 1. The minimum Gasteiger partial charge on any atom is -0.437 e. The Morgan fingerprint density at radius 1 is 1.32 bits per heavy atom. The van der Waals surface area contributed by atoms with Gasteiger partial charge in [-0.2, -0.15) is 0 Å². The molecule has 1 aromatic rings. The number of anilines is 1. The van der Waals surface area contributed by atoms with Crippen molar-refractivity contribution in [1.29, 1.82) is 0 Å². The molecule has 0 spiro atoms. The Morgan fingerprint density at radius 3 is 2.42 bits per heavy atom. The molecular formula is C14H20N2O3. The number of nitrogens with zero attached hydrogens (tertiary/aromatic N) is 1. The van der Waals surface area contributed by atoms with Crippen molar-refractivity contribution in [1.82, 2.24) is 5.43 Å².